The highest BCUT2D eigenvalue weighted by atomic mass is 32.1. The molecule has 3 rings (SSSR count). The minimum absolute atomic E-state index is 0.00545. The van der Waals surface area contributed by atoms with Gasteiger partial charge < -0.3 is 4.90 Å². The lowest BCUT2D eigenvalue weighted by Gasteiger charge is -2.28. The van der Waals surface area contributed by atoms with Crippen molar-refractivity contribution in [1.29, 1.82) is 0 Å². The summed E-state index contributed by atoms with van der Waals surface area (Å²) < 4.78 is 0. The van der Waals surface area contributed by atoms with Crippen molar-refractivity contribution in [3.05, 3.63) is 21.9 Å². The molecule has 2 fully saturated rings. The fourth-order valence-electron chi connectivity index (χ4n) is 3.75. The minimum Gasteiger partial charge on any atom is -0.320 e. The predicted octanol–water partition coefficient (Wildman–Crippen LogP) is 3.70. The van der Waals surface area contributed by atoms with E-state index in [9.17, 15) is 4.79 Å². The van der Waals surface area contributed by atoms with E-state index in [-0.39, 0.29) is 12.2 Å². The first kappa shape index (κ1) is 15.0. The monoisotopic (exact) mass is 306 g/mol. The highest BCUT2D eigenvalue weighted by Gasteiger charge is 2.41. The van der Waals surface area contributed by atoms with Crippen LogP contribution in [0.2, 0.25) is 0 Å². The van der Waals surface area contributed by atoms with E-state index in [0.29, 0.717) is 11.8 Å². The Kier molecular flexibility index (Phi) is 4.36. The van der Waals surface area contributed by atoms with Crippen LogP contribution in [0.5, 0.6) is 0 Å². The van der Waals surface area contributed by atoms with Gasteiger partial charge in [0, 0.05) is 16.3 Å². The molecule has 116 valence electrons. The summed E-state index contributed by atoms with van der Waals surface area (Å²) in [6.45, 7) is 7.48. The summed E-state index contributed by atoms with van der Waals surface area (Å²) >= 11 is 1.81. The molecule has 1 N–H and O–H groups in total. The SMILES string of the molecule is CCC1NC(c2ccc(C)s2)N(CC2CCCC2C)C1=O. The first-order chi connectivity index (χ1) is 10.1. The highest BCUT2D eigenvalue weighted by Crippen LogP contribution is 2.36. The summed E-state index contributed by atoms with van der Waals surface area (Å²) in [5.41, 5.74) is 0. The Balaban J connectivity index is 1.80. The average Bonchev–Trinajstić information content (AvgIpc) is 3.13. The van der Waals surface area contributed by atoms with E-state index >= 15 is 0 Å². The van der Waals surface area contributed by atoms with E-state index in [1.165, 1.54) is 29.0 Å². The van der Waals surface area contributed by atoms with Crippen LogP contribution in [0.1, 0.15) is 55.5 Å². The van der Waals surface area contributed by atoms with Crippen LogP contribution in [0, 0.1) is 18.8 Å². The second kappa shape index (κ2) is 6.09. The molecule has 1 saturated heterocycles. The van der Waals surface area contributed by atoms with Gasteiger partial charge in [-0.2, -0.15) is 0 Å². The third-order valence-electron chi connectivity index (χ3n) is 5.16. The molecule has 3 nitrogen and oxygen atoms in total. The first-order valence-electron chi connectivity index (χ1n) is 8.23. The van der Waals surface area contributed by atoms with E-state index in [1.54, 1.807) is 11.3 Å². The molecule has 1 saturated carbocycles. The van der Waals surface area contributed by atoms with Gasteiger partial charge in [0.2, 0.25) is 5.91 Å². The number of hydrogen-bond acceptors (Lipinski definition) is 3. The predicted molar refractivity (Wildman–Crippen MR) is 87.2 cm³/mol. The zero-order valence-electron chi connectivity index (χ0n) is 13.3. The van der Waals surface area contributed by atoms with Gasteiger partial charge in [-0.05, 0) is 43.7 Å². The molecule has 4 atom stereocenters. The molecule has 0 radical (unpaired) electrons. The highest BCUT2D eigenvalue weighted by molar-refractivity contribution is 7.12. The lowest BCUT2D eigenvalue weighted by molar-refractivity contribution is -0.130. The Morgan fingerprint density at radius 2 is 2.19 bits per heavy atom. The molecule has 1 aromatic heterocycles. The summed E-state index contributed by atoms with van der Waals surface area (Å²) in [5.74, 6) is 1.73. The van der Waals surface area contributed by atoms with Crippen molar-refractivity contribution in [2.45, 2.75) is 58.7 Å². The number of hydrogen-bond donors (Lipinski definition) is 1. The normalized spacial score (nSPS) is 33.1. The van der Waals surface area contributed by atoms with E-state index < -0.39 is 0 Å². The lowest BCUT2D eigenvalue weighted by Crippen LogP contribution is -2.35. The number of nitrogens with one attached hydrogen (secondary N) is 1. The molecule has 1 aliphatic heterocycles. The van der Waals surface area contributed by atoms with Gasteiger partial charge in [0.1, 0.15) is 6.17 Å². The summed E-state index contributed by atoms with van der Waals surface area (Å²) in [7, 11) is 0. The van der Waals surface area contributed by atoms with Crippen molar-refractivity contribution in [3.8, 4) is 0 Å². The Morgan fingerprint density at radius 1 is 1.38 bits per heavy atom. The van der Waals surface area contributed by atoms with E-state index in [4.69, 9.17) is 0 Å². The van der Waals surface area contributed by atoms with Gasteiger partial charge in [-0.3, -0.25) is 10.1 Å². The van der Waals surface area contributed by atoms with E-state index in [1.807, 2.05) is 0 Å². The van der Waals surface area contributed by atoms with Crippen LogP contribution >= 0.6 is 11.3 Å². The zero-order valence-corrected chi connectivity index (χ0v) is 14.1. The fraction of sp³-hybridized carbons (Fsp3) is 0.706. The molecule has 1 aromatic rings. The van der Waals surface area contributed by atoms with Gasteiger partial charge in [-0.25, -0.2) is 0 Å². The van der Waals surface area contributed by atoms with Gasteiger partial charge in [0.15, 0.2) is 0 Å². The molecule has 4 heteroatoms. The van der Waals surface area contributed by atoms with Crippen LogP contribution in [0.4, 0.5) is 0 Å². The topological polar surface area (TPSA) is 32.3 Å². The van der Waals surface area contributed by atoms with Crippen molar-refractivity contribution in [2.75, 3.05) is 6.54 Å². The standard InChI is InChI=1S/C17H26N2OS/c1-4-14-17(20)19(10-13-7-5-6-11(13)2)16(18-14)15-9-8-12(3)21-15/h8-9,11,13-14,16,18H,4-7,10H2,1-3H3. The number of carbonyl (C=O) groups excluding carboxylic acids is 1. The van der Waals surface area contributed by atoms with Gasteiger partial charge in [-0.15, -0.1) is 11.3 Å². The number of aryl methyl sites for hydroxylation is 1. The number of carbonyl (C=O) groups is 1. The summed E-state index contributed by atoms with van der Waals surface area (Å²) in [5, 5.41) is 3.55. The van der Waals surface area contributed by atoms with Crippen LogP contribution in [0.25, 0.3) is 0 Å². The lowest BCUT2D eigenvalue weighted by atomic mass is 9.97. The van der Waals surface area contributed by atoms with Gasteiger partial charge >= 0.3 is 0 Å². The maximum atomic E-state index is 12.7. The number of nitrogens with zero attached hydrogens (tertiary/aromatic N) is 1. The average molecular weight is 306 g/mol. The third kappa shape index (κ3) is 2.88. The molecular weight excluding hydrogens is 280 g/mol. The molecule has 2 aliphatic rings. The fourth-order valence-corrected chi connectivity index (χ4v) is 4.70. The Morgan fingerprint density at radius 3 is 2.76 bits per heavy atom. The summed E-state index contributed by atoms with van der Waals surface area (Å²) in [6, 6.07) is 4.32. The van der Waals surface area contributed by atoms with Crippen molar-refractivity contribution in [1.82, 2.24) is 10.2 Å². The number of thiophene rings is 1. The van der Waals surface area contributed by atoms with Crippen LogP contribution in [-0.4, -0.2) is 23.4 Å². The van der Waals surface area contributed by atoms with Gasteiger partial charge in [-0.1, -0.05) is 26.7 Å². The van der Waals surface area contributed by atoms with E-state index in [0.717, 1.165) is 18.9 Å². The van der Waals surface area contributed by atoms with E-state index in [2.05, 4.69) is 43.1 Å². The summed E-state index contributed by atoms with van der Waals surface area (Å²) in [4.78, 5) is 17.4. The van der Waals surface area contributed by atoms with Crippen LogP contribution in [0.15, 0.2) is 12.1 Å². The second-order valence-corrected chi connectivity index (χ2v) is 7.96. The number of amides is 1. The second-order valence-electron chi connectivity index (χ2n) is 6.64. The van der Waals surface area contributed by atoms with Crippen LogP contribution < -0.4 is 5.32 Å². The Hall–Kier alpha value is -0.870. The van der Waals surface area contributed by atoms with Gasteiger partial charge in [0.25, 0.3) is 0 Å². The van der Waals surface area contributed by atoms with Crippen molar-refractivity contribution in [2.24, 2.45) is 11.8 Å². The van der Waals surface area contributed by atoms with Crippen molar-refractivity contribution in [3.63, 3.8) is 0 Å². The van der Waals surface area contributed by atoms with Gasteiger partial charge in [0.05, 0.1) is 6.04 Å². The zero-order chi connectivity index (χ0) is 15.0. The first-order valence-corrected chi connectivity index (χ1v) is 9.04. The summed E-state index contributed by atoms with van der Waals surface area (Å²) in [6.07, 6.45) is 4.88. The molecule has 0 spiro atoms. The molecule has 4 unspecified atom stereocenters. The van der Waals surface area contributed by atoms with Crippen LogP contribution in [0.3, 0.4) is 0 Å². The largest absolute Gasteiger partial charge is 0.320 e. The smallest absolute Gasteiger partial charge is 0.241 e. The maximum absolute atomic E-state index is 12.7. The maximum Gasteiger partial charge on any atom is 0.241 e. The minimum atomic E-state index is -0.00545. The van der Waals surface area contributed by atoms with Crippen molar-refractivity contribution < 1.29 is 4.79 Å². The third-order valence-corrected chi connectivity index (χ3v) is 6.21. The Bertz CT molecular complexity index is 513. The molecule has 1 amide bonds. The molecule has 0 bridgehead atoms. The van der Waals surface area contributed by atoms with Crippen LogP contribution in [-0.2, 0) is 4.79 Å². The molecular formula is C17H26N2OS. The number of rotatable bonds is 4. The molecule has 1 aliphatic carbocycles. The molecule has 2 heterocycles. The quantitative estimate of drug-likeness (QED) is 0.920. The van der Waals surface area contributed by atoms with Crippen molar-refractivity contribution >= 4 is 17.2 Å². The molecule has 21 heavy (non-hydrogen) atoms. The molecule has 0 aromatic carbocycles. The Labute approximate surface area is 131 Å².